The second-order valence-corrected chi connectivity index (χ2v) is 5.62. The Morgan fingerprint density at radius 1 is 1.35 bits per heavy atom. The summed E-state index contributed by atoms with van der Waals surface area (Å²) >= 11 is 5.15. The Labute approximate surface area is 136 Å². The Hall–Kier alpha value is -2.74. The summed E-state index contributed by atoms with van der Waals surface area (Å²) in [6, 6.07) is 8.87. The third-order valence-electron chi connectivity index (χ3n) is 3.44. The summed E-state index contributed by atoms with van der Waals surface area (Å²) in [5, 5.41) is 4.67. The van der Waals surface area contributed by atoms with E-state index in [2.05, 4.69) is 15.5 Å². The number of hydrogen-bond donors (Lipinski definition) is 2. The fourth-order valence-corrected chi connectivity index (χ4v) is 2.63. The minimum absolute atomic E-state index is 0.00765. The van der Waals surface area contributed by atoms with Crippen molar-refractivity contribution < 1.29 is 4.79 Å². The van der Waals surface area contributed by atoms with Crippen LogP contribution < -0.4 is 11.0 Å². The van der Waals surface area contributed by atoms with Gasteiger partial charge in [-0.3, -0.25) is 19.7 Å². The van der Waals surface area contributed by atoms with E-state index >= 15 is 0 Å². The molecule has 118 valence electrons. The summed E-state index contributed by atoms with van der Waals surface area (Å²) in [7, 11) is 0. The minimum Gasteiger partial charge on any atom is -0.330 e. The molecule has 1 aromatic carbocycles. The Kier molecular flexibility index (Phi) is 3.83. The number of aromatic amines is 1. The average Bonchev–Trinajstić information content (AvgIpc) is 2.81. The van der Waals surface area contributed by atoms with Crippen molar-refractivity contribution in [3.8, 4) is 0 Å². The lowest BCUT2D eigenvalue weighted by molar-refractivity contribution is -0.117. The molecule has 0 saturated heterocycles. The number of benzene rings is 1. The predicted molar refractivity (Wildman–Crippen MR) is 89.5 cm³/mol. The molecule has 3 rings (SSSR count). The zero-order chi connectivity index (χ0) is 16.6. The van der Waals surface area contributed by atoms with Gasteiger partial charge in [0.25, 0.3) is 11.5 Å². The van der Waals surface area contributed by atoms with Crippen molar-refractivity contribution in [2.45, 2.75) is 20.4 Å². The first kappa shape index (κ1) is 15.2. The molecule has 2 aromatic heterocycles. The zero-order valence-corrected chi connectivity index (χ0v) is 13.5. The summed E-state index contributed by atoms with van der Waals surface area (Å²) in [5.74, 6) is -0.381. The summed E-state index contributed by atoms with van der Waals surface area (Å²) < 4.78 is 2.75. The monoisotopic (exact) mass is 329 g/mol. The molecule has 0 spiro atoms. The second kappa shape index (κ2) is 5.81. The third kappa shape index (κ3) is 2.93. The van der Waals surface area contributed by atoms with Crippen LogP contribution in [0.2, 0.25) is 0 Å². The molecule has 0 bridgehead atoms. The molecule has 0 fully saturated rings. The van der Waals surface area contributed by atoms with E-state index in [0.717, 1.165) is 16.1 Å². The molecule has 7 nitrogen and oxygen atoms in total. The largest absolute Gasteiger partial charge is 0.330 e. The van der Waals surface area contributed by atoms with Gasteiger partial charge in [0.1, 0.15) is 6.54 Å². The van der Waals surface area contributed by atoms with Crippen molar-refractivity contribution in [2.24, 2.45) is 0 Å². The van der Waals surface area contributed by atoms with E-state index in [9.17, 15) is 9.59 Å². The van der Waals surface area contributed by atoms with Gasteiger partial charge in [-0.15, -0.1) is 0 Å². The molecule has 3 aromatic rings. The van der Waals surface area contributed by atoms with E-state index in [-0.39, 0.29) is 22.8 Å². The highest BCUT2D eigenvalue weighted by Crippen LogP contribution is 2.05. The molecule has 1 amide bonds. The van der Waals surface area contributed by atoms with Crippen molar-refractivity contribution in [3.05, 3.63) is 56.8 Å². The van der Waals surface area contributed by atoms with E-state index in [1.165, 1.54) is 0 Å². The zero-order valence-electron chi connectivity index (χ0n) is 12.7. The average molecular weight is 329 g/mol. The first-order valence-corrected chi connectivity index (χ1v) is 7.41. The lowest BCUT2D eigenvalue weighted by atomic mass is 10.2. The Morgan fingerprint density at radius 2 is 2.09 bits per heavy atom. The van der Waals surface area contributed by atoms with Gasteiger partial charge in [-0.2, -0.15) is 9.77 Å². The maximum absolute atomic E-state index is 12.4. The molecule has 0 unspecified atom stereocenters. The molecule has 2 N–H and O–H groups in total. The topological polar surface area (TPSA) is 84.7 Å². The molecular weight excluding hydrogens is 314 g/mol. The highest BCUT2D eigenvalue weighted by molar-refractivity contribution is 7.71. The van der Waals surface area contributed by atoms with Crippen molar-refractivity contribution >= 4 is 29.0 Å². The molecule has 2 heterocycles. The molecule has 8 heteroatoms. The highest BCUT2D eigenvalue weighted by Gasteiger charge is 2.11. The van der Waals surface area contributed by atoms with Crippen LogP contribution in [0.3, 0.4) is 0 Å². The minimum atomic E-state index is -0.381. The number of para-hydroxylation sites is 1. The van der Waals surface area contributed by atoms with E-state index < -0.39 is 0 Å². The van der Waals surface area contributed by atoms with Gasteiger partial charge in [0.2, 0.25) is 0 Å². The van der Waals surface area contributed by atoms with Crippen molar-refractivity contribution in [1.29, 1.82) is 0 Å². The molecule has 23 heavy (non-hydrogen) atoms. The molecule has 0 aliphatic carbocycles. The summed E-state index contributed by atoms with van der Waals surface area (Å²) in [4.78, 5) is 27.6. The quantitative estimate of drug-likeness (QED) is 0.716. The Balaban J connectivity index is 1.92. The van der Waals surface area contributed by atoms with Gasteiger partial charge >= 0.3 is 0 Å². The lowest BCUT2D eigenvalue weighted by Gasteiger charge is -2.10. The fraction of sp³-hybridized carbons (Fsp3) is 0.200. The number of nitrogens with one attached hydrogen (secondary N) is 2. The van der Waals surface area contributed by atoms with Gasteiger partial charge in [0, 0.05) is 5.69 Å². The van der Waals surface area contributed by atoms with E-state index in [0.29, 0.717) is 10.9 Å². The van der Waals surface area contributed by atoms with Crippen molar-refractivity contribution in [2.75, 3.05) is 5.43 Å². The Morgan fingerprint density at radius 3 is 2.78 bits per heavy atom. The molecule has 0 saturated carbocycles. The fourth-order valence-electron chi connectivity index (χ4n) is 2.40. The normalized spacial score (nSPS) is 10.9. The van der Waals surface area contributed by atoms with E-state index in [1.807, 2.05) is 19.9 Å². The number of rotatable bonds is 3. The lowest BCUT2D eigenvalue weighted by Crippen LogP contribution is -2.36. The first-order valence-electron chi connectivity index (χ1n) is 7.00. The van der Waals surface area contributed by atoms with Crippen molar-refractivity contribution in [1.82, 2.24) is 19.4 Å². The van der Waals surface area contributed by atoms with E-state index in [1.54, 1.807) is 28.9 Å². The van der Waals surface area contributed by atoms with Gasteiger partial charge in [0.05, 0.1) is 16.6 Å². The Bertz CT molecular complexity index is 1010. The van der Waals surface area contributed by atoms with Crippen LogP contribution in [0.5, 0.6) is 0 Å². The van der Waals surface area contributed by atoms with Gasteiger partial charge < -0.3 is 4.98 Å². The summed E-state index contributed by atoms with van der Waals surface area (Å²) in [6.45, 7) is 3.72. The van der Waals surface area contributed by atoms with Crippen LogP contribution in [0.15, 0.2) is 35.1 Å². The molecule has 0 atom stereocenters. The van der Waals surface area contributed by atoms with Crippen LogP contribution in [0, 0.1) is 18.6 Å². The van der Waals surface area contributed by atoms with Gasteiger partial charge in [0.15, 0.2) is 4.77 Å². The van der Waals surface area contributed by atoms with Crippen LogP contribution >= 0.6 is 12.2 Å². The number of hydrogen-bond acceptors (Lipinski definition) is 4. The highest BCUT2D eigenvalue weighted by atomic mass is 32.1. The number of H-pyrrole nitrogens is 1. The molecule has 0 aliphatic rings. The standard InChI is InChI=1S/C15H15N5O2S/c1-9-7-10(2)19(17-9)8-13(21)18-20-14(22)11-5-3-4-6-12(11)16-15(20)23/h3-7H,8H2,1-2H3,(H,16,23)(H,18,21). The van der Waals surface area contributed by atoms with Gasteiger partial charge in [-0.1, -0.05) is 12.1 Å². The summed E-state index contributed by atoms with van der Waals surface area (Å²) in [5.41, 5.74) is 4.48. The number of amides is 1. The number of fused-ring (bicyclic) bond motifs is 1. The molecular formula is C15H15N5O2S. The number of nitrogens with zero attached hydrogens (tertiary/aromatic N) is 3. The van der Waals surface area contributed by atoms with Crippen LogP contribution in [-0.2, 0) is 11.3 Å². The van der Waals surface area contributed by atoms with Crippen LogP contribution in [0.25, 0.3) is 10.9 Å². The number of aromatic nitrogens is 4. The maximum Gasteiger partial charge on any atom is 0.281 e. The van der Waals surface area contributed by atoms with Crippen molar-refractivity contribution in [3.63, 3.8) is 0 Å². The first-order chi connectivity index (χ1) is 11.0. The second-order valence-electron chi connectivity index (χ2n) is 5.24. The van der Waals surface area contributed by atoms with Crippen LogP contribution in [0.1, 0.15) is 11.4 Å². The predicted octanol–water partition coefficient (Wildman–Crippen LogP) is 1.64. The van der Waals surface area contributed by atoms with Crippen LogP contribution in [-0.4, -0.2) is 25.3 Å². The SMILES string of the molecule is Cc1cc(C)n(CC(=O)Nn2c(=S)[nH]c3ccccc3c2=O)n1. The smallest absolute Gasteiger partial charge is 0.281 e. The summed E-state index contributed by atoms with van der Waals surface area (Å²) in [6.07, 6.45) is 0. The number of aryl methyl sites for hydroxylation is 2. The van der Waals surface area contributed by atoms with Crippen LogP contribution in [0.4, 0.5) is 0 Å². The third-order valence-corrected chi connectivity index (χ3v) is 3.72. The molecule has 0 aliphatic heterocycles. The number of carbonyl (C=O) groups excluding carboxylic acids is 1. The maximum atomic E-state index is 12.4. The number of carbonyl (C=O) groups is 1. The molecule has 0 radical (unpaired) electrons. The van der Waals surface area contributed by atoms with Gasteiger partial charge in [-0.25, -0.2) is 0 Å². The van der Waals surface area contributed by atoms with E-state index in [4.69, 9.17) is 12.2 Å². The van der Waals surface area contributed by atoms with Gasteiger partial charge in [-0.05, 0) is 44.3 Å².